The third-order valence-electron chi connectivity index (χ3n) is 7.22. The van der Waals surface area contributed by atoms with Gasteiger partial charge in [0.2, 0.25) is 11.9 Å². The number of morpholine rings is 1. The van der Waals surface area contributed by atoms with Crippen molar-refractivity contribution in [3.8, 4) is 0 Å². The molecule has 3 fully saturated rings. The van der Waals surface area contributed by atoms with Crippen molar-refractivity contribution in [1.29, 1.82) is 0 Å². The zero-order chi connectivity index (χ0) is 22.0. The van der Waals surface area contributed by atoms with Gasteiger partial charge in [0.25, 0.3) is 0 Å². The van der Waals surface area contributed by atoms with Gasteiger partial charge >= 0.3 is 0 Å². The van der Waals surface area contributed by atoms with E-state index in [1.165, 1.54) is 5.56 Å². The molecule has 1 aromatic carbocycles. The van der Waals surface area contributed by atoms with Gasteiger partial charge in [0, 0.05) is 44.3 Å². The molecule has 2 aromatic rings. The molecule has 3 atom stereocenters. The number of rotatable bonds is 5. The molecule has 4 heterocycles. The van der Waals surface area contributed by atoms with E-state index in [2.05, 4.69) is 57.4 Å². The Labute approximate surface area is 190 Å². The second-order valence-electron chi connectivity index (χ2n) is 9.54. The molecule has 0 bridgehead atoms. The normalized spacial score (nSPS) is 28.8. The number of hydrogen-bond acceptors (Lipinski definition) is 6. The summed E-state index contributed by atoms with van der Waals surface area (Å²) < 4.78 is 5.48. The number of carbonyl (C=O) groups is 1. The number of benzene rings is 1. The van der Waals surface area contributed by atoms with Crippen LogP contribution >= 0.6 is 0 Å². The number of amides is 1. The molecular formula is C25H33N5O2. The van der Waals surface area contributed by atoms with Crippen LogP contribution < -0.4 is 10.2 Å². The smallest absolute Gasteiger partial charge is 0.225 e. The number of fused-ring (bicyclic) bond motifs is 1. The Bertz CT molecular complexity index is 933. The first-order valence-corrected chi connectivity index (χ1v) is 11.9. The summed E-state index contributed by atoms with van der Waals surface area (Å²) in [6, 6.07) is 13.4. The maximum atomic E-state index is 12.4. The molecule has 0 saturated carbocycles. The summed E-state index contributed by atoms with van der Waals surface area (Å²) >= 11 is 0. The molecule has 0 radical (unpaired) electrons. The predicted octanol–water partition coefficient (Wildman–Crippen LogP) is 2.56. The number of nitrogens with one attached hydrogen (secondary N) is 1. The fourth-order valence-electron chi connectivity index (χ4n) is 5.71. The number of anilines is 1. The average Bonchev–Trinajstić information content (AvgIpc) is 2.95. The molecule has 0 aliphatic carbocycles. The van der Waals surface area contributed by atoms with E-state index in [0.717, 1.165) is 70.2 Å². The molecular weight excluding hydrogens is 402 g/mol. The third kappa shape index (κ3) is 4.50. The SMILES string of the molecule is C[C@]12C[C@@H](Cc3ccccc3)N(Cc3ccnc(N4CCOCC4)n3)[C@H]1CCCC(=O)N2. The van der Waals surface area contributed by atoms with Crippen LogP contribution in [-0.2, 0) is 22.5 Å². The molecule has 1 N–H and O–H groups in total. The monoisotopic (exact) mass is 435 g/mol. The third-order valence-corrected chi connectivity index (χ3v) is 7.22. The highest BCUT2D eigenvalue weighted by Gasteiger charge is 2.50. The fraction of sp³-hybridized carbons (Fsp3) is 0.560. The zero-order valence-corrected chi connectivity index (χ0v) is 18.9. The molecule has 3 saturated heterocycles. The molecule has 7 nitrogen and oxygen atoms in total. The maximum absolute atomic E-state index is 12.4. The molecule has 170 valence electrons. The molecule has 7 heteroatoms. The van der Waals surface area contributed by atoms with Crippen molar-refractivity contribution in [3.63, 3.8) is 0 Å². The number of ether oxygens (including phenoxy) is 1. The number of nitrogens with zero attached hydrogens (tertiary/aromatic N) is 4. The summed E-state index contributed by atoms with van der Waals surface area (Å²) in [5.74, 6) is 0.980. The van der Waals surface area contributed by atoms with E-state index in [1.54, 1.807) is 0 Å². The number of hydrogen-bond donors (Lipinski definition) is 1. The first-order valence-electron chi connectivity index (χ1n) is 11.9. The van der Waals surface area contributed by atoms with Gasteiger partial charge in [-0.2, -0.15) is 0 Å². The maximum Gasteiger partial charge on any atom is 0.225 e. The summed E-state index contributed by atoms with van der Waals surface area (Å²) in [5, 5.41) is 3.38. The van der Waals surface area contributed by atoms with Crippen molar-refractivity contribution >= 4 is 11.9 Å². The highest BCUT2D eigenvalue weighted by molar-refractivity contribution is 5.77. The lowest BCUT2D eigenvalue weighted by molar-refractivity contribution is -0.122. The van der Waals surface area contributed by atoms with Crippen molar-refractivity contribution in [2.45, 2.75) is 63.2 Å². The summed E-state index contributed by atoms with van der Waals surface area (Å²) in [6.07, 6.45) is 6.40. The Kier molecular flexibility index (Phi) is 6.11. The van der Waals surface area contributed by atoms with Crippen LogP contribution in [0.15, 0.2) is 42.6 Å². The molecule has 1 aromatic heterocycles. The van der Waals surface area contributed by atoms with Gasteiger partial charge in [-0.15, -0.1) is 0 Å². The summed E-state index contributed by atoms with van der Waals surface area (Å²) in [4.78, 5) is 26.7. The lowest BCUT2D eigenvalue weighted by atomic mass is 9.89. The van der Waals surface area contributed by atoms with Crippen molar-refractivity contribution in [2.75, 3.05) is 31.2 Å². The predicted molar refractivity (Wildman–Crippen MR) is 123 cm³/mol. The summed E-state index contributed by atoms with van der Waals surface area (Å²) in [6.45, 7) is 6.11. The van der Waals surface area contributed by atoms with E-state index >= 15 is 0 Å². The first kappa shape index (κ1) is 21.3. The van der Waals surface area contributed by atoms with Crippen LogP contribution in [0.3, 0.4) is 0 Å². The number of carbonyl (C=O) groups excluding carboxylic acids is 1. The second kappa shape index (κ2) is 9.16. The average molecular weight is 436 g/mol. The molecule has 0 unspecified atom stereocenters. The van der Waals surface area contributed by atoms with Crippen molar-refractivity contribution in [2.24, 2.45) is 0 Å². The van der Waals surface area contributed by atoms with Gasteiger partial charge in [-0.1, -0.05) is 30.3 Å². The van der Waals surface area contributed by atoms with E-state index < -0.39 is 0 Å². The Morgan fingerprint density at radius 2 is 2.00 bits per heavy atom. The first-order chi connectivity index (χ1) is 15.6. The van der Waals surface area contributed by atoms with E-state index in [4.69, 9.17) is 9.72 Å². The van der Waals surface area contributed by atoms with E-state index in [-0.39, 0.29) is 11.4 Å². The van der Waals surface area contributed by atoms with E-state index in [0.29, 0.717) is 18.5 Å². The molecule has 3 aliphatic rings. The molecule has 32 heavy (non-hydrogen) atoms. The minimum absolute atomic E-state index is 0.187. The van der Waals surface area contributed by atoms with Gasteiger partial charge in [0.15, 0.2) is 0 Å². The van der Waals surface area contributed by atoms with Crippen molar-refractivity contribution in [3.05, 3.63) is 53.9 Å². The summed E-state index contributed by atoms with van der Waals surface area (Å²) in [5.41, 5.74) is 2.18. The Morgan fingerprint density at radius 1 is 1.19 bits per heavy atom. The number of aromatic nitrogens is 2. The summed E-state index contributed by atoms with van der Waals surface area (Å²) in [7, 11) is 0. The Balaban J connectivity index is 1.41. The molecule has 1 amide bonds. The van der Waals surface area contributed by atoms with Crippen molar-refractivity contribution < 1.29 is 9.53 Å². The molecule has 3 aliphatic heterocycles. The van der Waals surface area contributed by atoms with Gasteiger partial charge < -0.3 is 15.0 Å². The highest BCUT2D eigenvalue weighted by atomic mass is 16.5. The van der Waals surface area contributed by atoms with E-state index in [1.807, 2.05) is 12.3 Å². The lowest BCUT2D eigenvalue weighted by Gasteiger charge is -2.35. The number of likely N-dealkylation sites (tertiary alicyclic amines) is 1. The van der Waals surface area contributed by atoms with Crippen molar-refractivity contribution in [1.82, 2.24) is 20.2 Å². The highest BCUT2D eigenvalue weighted by Crippen LogP contribution is 2.40. The quantitative estimate of drug-likeness (QED) is 0.778. The Morgan fingerprint density at radius 3 is 2.81 bits per heavy atom. The zero-order valence-electron chi connectivity index (χ0n) is 18.9. The standard InChI is InChI=1S/C25H33N5O2/c1-25-17-21(16-19-6-3-2-4-7-19)30(22(25)8-5-9-23(31)28-25)18-20-10-11-26-24(27-20)29-12-14-32-15-13-29/h2-4,6-7,10-11,21-22H,5,8-9,12-18H2,1H3,(H,28,31)/t21-,22+,25+/m1/s1. The minimum atomic E-state index is -0.201. The molecule has 0 spiro atoms. The van der Waals surface area contributed by atoms with Gasteiger partial charge in [-0.3, -0.25) is 9.69 Å². The largest absolute Gasteiger partial charge is 0.378 e. The fourth-order valence-corrected chi connectivity index (χ4v) is 5.71. The van der Waals surface area contributed by atoms with Gasteiger partial charge in [-0.05, 0) is 44.2 Å². The van der Waals surface area contributed by atoms with Gasteiger partial charge in [0.1, 0.15) is 0 Å². The van der Waals surface area contributed by atoms with E-state index in [9.17, 15) is 4.79 Å². The lowest BCUT2D eigenvalue weighted by Crippen LogP contribution is -2.52. The van der Waals surface area contributed by atoms with Gasteiger partial charge in [0.05, 0.1) is 24.4 Å². The van der Waals surface area contributed by atoms with Crippen LogP contribution in [0, 0.1) is 0 Å². The van der Waals surface area contributed by atoms with Crippen LogP contribution in [0.4, 0.5) is 5.95 Å². The van der Waals surface area contributed by atoms with Gasteiger partial charge in [-0.25, -0.2) is 9.97 Å². The van der Waals surface area contributed by atoms with Crippen LogP contribution in [0.1, 0.15) is 43.9 Å². The molecule has 5 rings (SSSR count). The second-order valence-corrected chi connectivity index (χ2v) is 9.54. The van der Waals surface area contributed by atoms with Crippen LogP contribution in [0.25, 0.3) is 0 Å². The minimum Gasteiger partial charge on any atom is -0.378 e. The van der Waals surface area contributed by atoms with Crippen LogP contribution in [0.5, 0.6) is 0 Å². The topological polar surface area (TPSA) is 70.6 Å². The van der Waals surface area contributed by atoms with Crippen LogP contribution in [0.2, 0.25) is 0 Å². The van der Waals surface area contributed by atoms with Crippen LogP contribution in [-0.4, -0.2) is 64.7 Å². The Hall–Kier alpha value is -2.51.